The summed E-state index contributed by atoms with van der Waals surface area (Å²) in [6.07, 6.45) is 0.108. The molecule has 3 atom stereocenters. The molecule has 2 saturated heterocycles. The van der Waals surface area contributed by atoms with E-state index in [1.165, 1.54) is 4.90 Å². The van der Waals surface area contributed by atoms with Gasteiger partial charge in [-0.05, 0) is 52.1 Å². The Morgan fingerprint density at radius 3 is 1.72 bits per heavy atom. The molecule has 0 N–H and O–H groups in total. The lowest BCUT2D eigenvalue weighted by molar-refractivity contribution is -0.139. The monoisotopic (exact) mass is 568 g/mol. The number of amides is 3. The Bertz CT molecular complexity index is 1680. The van der Waals surface area contributed by atoms with Gasteiger partial charge in [-0.3, -0.25) is 19.2 Å². The van der Waals surface area contributed by atoms with E-state index in [-0.39, 0.29) is 36.0 Å². The number of likely N-dealkylation sites (tertiary alicyclic amines) is 1. The van der Waals surface area contributed by atoms with E-state index < -0.39 is 23.7 Å². The van der Waals surface area contributed by atoms with Crippen molar-refractivity contribution in [3.8, 4) is 5.75 Å². The maximum Gasteiger partial charge on any atom is 0.316 e. The fraction of sp³-hybridized carbons (Fsp3) is 0.222. The summed E-state index contributed by atoms with van der Waals surface area (Å²) in [7, 11) is 0. The first-order valence-electron chi connectivity index (χ1n) is 14.7. The quantitative estimate of drug-likeness (QED) is 0.191. The van der Waals surface area contributed by atoms with Crippen LogP contribution in [-0.4, -0.2) is 35.1 Å². The summed E-state index contributed by atoms with van der Waals surface area (Å²) in [5, 5.41) is 0. The van der Waals surface area contributed by atoms with Crippen LogP contribution >= 0.6 is 0 Å². The Hall–Kier alpha value is -5.04. The maximum absolute atomic E-state index is 14.0. The molecule has 2 fully saturated rings. The smallest absolute Gasteiger partial charge is 0.316 e. The number of carbonyl (C=O) groups is 4. The zero-order valence-electron chi connectivity index (χ0n) is 23.3. The highest BCUT2D eigenvalue weighted by atomic mass is 16.5. The first kappa shape index (κ1) is 25.7. The highest BCUT2D eigenvalue weighted by Gasteiger charge is 2.61. The second kappa shape index (κ2) is 9.76. The summed E-state index contributed by atoms with van der Waals surface area (Å²) >= 11 is 0. The number of carbonyl (C=O) groups excluding carboxylic acids is 4. The highest BCUT2D eigenvalue weighted by Crippen LogP contribution is 2.61. The number of nitrogens with zero attached hydrogens (tertiary/aromatic N) is 2. The van der Waals surface area contributed by atoms with Crippen molar-refractivity contribution in [1.29, 1.82) is 0 Å². The number of hydrogen-bond acceptors (Lipinski definition) is 5. The predicted molar refractivity (Wildman–Crippen MR) is 158 cm³/mol. The minimum absolute atomic E-state index is 0.0769. The Morgan fingerprint density at radius 1 is 0.674 bits per heavy atom. The molecule has 5 aliphatic rings. The Labute approximate surface area is 248 Å². The minimum atomic E-state index is -0.556. The van der Waals surface area contributed by atoms with Crippen LogP contribution in [0.25, 0.3) is 0 Å². The summed E-state index contributed by atoms with van der Waals surface area (Å²) in [5.74, 6) is -2.44. The third-order valence-electron chi connectivity index (χ3n) is 9.53. The fourth-order valence-electron chi connectivity index (χ4n) is 7.68. The van der Waals surface area contributed by atoms with Crippen LogP contribution in [0.2, 0.25) is 0 Å². The normalized spacial score (nSPS) is 25.0. The van der Waals surface area contributed by atoms with Crippen LogP contribution in [0.4, 0.5) is 5.69 Å². The molecule has 43 heavy (non-hydrogen) atoms. The average molecular weight is 569 g/mol. The average Bonchev–Trinajstić information content (AvgIpc) is 3.54. The van der Waals surface area contributed by atoms with Crippen molar-refractivity contribution in [1.82, 2.24) is 4.90 Å². The summed E-state index contributed by atoms with van der Waals surface area (Å²) in [4.78, 5) is 56.4. The molecule has 9 rings (SSSR count). The second-order valence-corrected chi connectivity index (χ2v) is 11.9. The molecular weight excluding hydrogens is 540 g/mol. The first-order valence-corrected chi connectivity index (χ1v) is 14.7. The van der Waals surface area contributed by atoms with E-state index in [0.29, 0.717) is 24.5 Å². The molecule has 2 aliphatic heterocycles. The first-order chi connectivity index (χ1) is 21.0. The van der Waals surface area contributed by atoms with Gasteiger partial charge >= 0.3 is 5.97 Å². The number of anilines is 1. The Kier molecular flexibility index (Phi) is 5.83. The summed E-state index contributed by atoms with van der Waals surface area (Å²) in [5.41, 5.74) is 5.99. The molecule has 3 amide bonds. The largest absolute Gasteiger partial charge is 0.426 e. The molecule has 4 aromatic rings. The van der Waals surface area contributed by atoms with Crippen molar-refractivity contribution in [2.75, 3.05) is 11.4 Å². The zero-order chi connectivity index (χ0) is 29.2. The van der Waals surface area contributed by atoms with Crippen molar-refractivity contribution < 1.29 is 23.9 Å². The molecule has 0 spiro atoms. The van der Waals surface area contributed by atoms with Crippen LogP contribution in [0.5, 0.6) is 5.75 Å². The lowest BCUT2D eigenvalue weighted by Crippen LogP contribution is -2.41. The SMILES string of the molecule is O=C(Oc1ccc(N2C(=O)[C@@H]3C4c5ccccc5C(c5ccccc54)[C@@H]3C2=O)cc1)[C@H]1CC(=O)N(Cc2ccccc2)C1. The number of rotatable bonds is 5. The van der Waals surface area contributed by atoms with Gasteiger partial charge in [0.15, 0.2) is 0 Å². The molecule has 3 aliphatic carbocycles. The van der Waals surface area contributed by atoms with E-state index in [9.17, 15) is 19.2 Å². The summed E-state index contributed by atoms with van der Waals surface area (Å²) in [6, 6.07) is 32.5. The topological polar surface area (TPSA) is 84.0 Å². The molecule has 0 saturated carbocycles. The van der Waals surface area contributed by atoms with Crippen LogP contribution in [0.1, 0.15) is 46.1 Å². The number of esters is 1. The van der Waals surface area contributed by atoms with Gasteiger partial charge in [0.1, 0.15) is 5.75 Å². The number of hydrogen-bond donors (Lipinski definition) is 0. The minimum Gasteiger partial charge on any atom is -0.426 e. The molecule has 0 aromatic heterocycles. The molecule has 2 heterocycles. The Balaban J connectivity index is 1.00. The van der Waals surface area contributed by atoms with Gasteiger partial charge in [0, 0.05) is 31.3 Å². The number of imide groups is 1. The van der Waals surface area contributed by atoms with Gasteiger partial charge in [-0.25, -0.2) is 4.90 Å². The second-order valence-electron chi connectivity index (χ2n) is 11.9. The maximum atomic E-state index is 14.0. The summed E-state index contributed by atoms with van der Waals surface area (Å²) < 4.78 is 5.63. The molecule has 4 aromatic carbocycles. The standard InChI is InChI=1S/C36H28N2O5/c39-29-18-22(20-37(29)19-21-8-2-1-3-9-21)36(42)43-24-16-14-23(15-17-24)38-34(40)32-30-25-10-4-5-11-26(25)31(33(32)35(38)41)28-13-7-6-12-27(28)30/h1-17,22,30-33H,18-20H2/t22-,30?,31?,32-,33+/m0/s1. The molecule has 7 heteroatoms. The van der Waals surface area contributed by atoms with Gasteiger partial charge in [0.2, 0.25) is 17.7 Å². The van der Waals surface area contributed by atoms with Crippen LogP contribution in [-0.2, 0) is 25.7 Å². The fourth-order valence-corrected chi connectivity index (χ4v) is 7.68. The van der Waals surface area contributed by atoms with Crippen molar-refractivity contribution in [2.45, 2.75) is 24.8 Å². The van der Waals surface area contributed by atoms with Crippen molar-refractivity contribution in [3.63, 3.8) is 0 Å². The van der Waals surface area contributed by atoms with Crippen LogP contribution < -0.4 is 9.64 Å². The van der Waals surface area contributed by atoms with Gasteiger partial charge in [-0.2, -0.15) is 0 Å². The van der Waals surface area contributed by atoms with Crippen LogP contribution in [0.15, 0.2) is 103 Å². The number of benzene rings is 4. The van der Waals surface area contributed by atoms with E-state index in [1.54, 1.807) is 29.2 Å². The van der Waals surface area contributed by atoms with E-state index in [4.69, 9.17) is 4.74 Å². The summed E-state index contributed by atoms with van der Waals surface area (Å²) in [6.45, 7) is 0.757. The van der Waals surface area contributed by atoms with E-state index in [2.05, 4.69) is 24.3 Å². The van der Waals surface area contributed by atoms with Crippen LogP contribution in [0, 0.1) is 17.8 Å². The molecule has 2 bridgehead atoms. The van der Waals surface area contributed by atoms with Gasteiger partial charge in [0.05, 0.1) is 23.4 Å². The molecule has 212 valence electrons. The number of ether oxygens (including phenoxy) is 1. The van der Waals surface area contributed by atoms with Crippen LogP contribution in [0.3, 0.4) is 0 Å². The van der Waals surface area contributed by atoms with Gasteiger partial charge in [0.25, 0.3) is 0 Å². The highest BCUT2D eigenvalue weighted by molar-refractivity contribution is 6.23. The lowest BCUT2D eigenvalue weighted by Gasteiger charge is -2.45. The Morgan fingerprint density at radius 2 is 1.19 bits per heavy atom. The van der Waals surface area contributed by atoms with Gasteiger partial charge < -0.3 is 9.64 Å². The van der Waals surface area contributed by atoms with Crippen molar-refractivity contribution in [3.05, 3.63) is 131 Å². The third kappa shape index (κ3) is 3.95. The van der Waals surface area contributed by atoms with Crippen molar-refractivity contribution in [2.24, 2.45) is 17.8 Å². The molecule has 0 radical (unpaired) electrons. The molecule has 0 unspecified atom stereocenters. The van der Waals surface area contributed by atoms with Crippen molar-refractivity contribution >= 4 is 29.4 Å². The van der Waals surface area contributed by atoms with Gasteiger partial charge in [-0.15, -0.1) is 0 Å². The lowest BCUT2D eigenvalue weighted by atomic mass is 9.55. The third-order valence-corrected chi connectivity index (χ3v) is 9.53. The van der Waals surface area contributed by atoms with Gasteiger partial charge in [-0.1, -0.05) is 78.9 Å². The predicted octanol–water partition coefficient (Wildman–Crippen LogP) is 5.04. The van der Waals surface area contributed by atoms with E-state index in [1.807, 2.05) is 54.6 Å². The molecular formula is C36H28N2O5. The zero-order valence-corrected chi connectivity index (χ0v) is 23.3. The van der Waals surface area contributed by atoms with E-state index in [0.717, 1.165) is 27.8 Å². The van der Waals surface area contributed by atoms with E-state index >= 15 is 0 Å². The molecule has 7 nitrogen and oxygen atoms in total.